The summed E-state index contributed by atoms with van der Waals surface area (Å²) < 4.78 is 4.58. The summed E-state index contributed by atoms with van der Waals surface area (Å²) in [6.45, 7) is 3.96. The van der Waals surface area contributed by atoms with Gasteiger partial charge in [0.15, 0.2) is 0 Å². The molecule has 0 unspecified atom stereocenters. The van der Waals surface area contributed by atoms with Crippen LogP contribution in [0.3, 0.4) is 0 Å². The Morgan fingerprint density at radius 2 is 1.68 bits per heavy atom. The van der Waals surface area contributed by atoms with Crippen LogP contribution in [-0.4, -0.2) is 66.5 Å². The second-order valence-electron chi connectivity index (χ2n) is 8.38. The van der Waals surface area contributed by atoms with Crippen LogP contribution in [0.2, 0.25) is 0 Å². The predicted octanol–water partition coefficient (Wildman–Crippen LogP) is -0.106. The van der Waals surface area contributed by atoms with Crippen LogP contribution in [0.25, 0.3) is 0 Å². The highest BCUT2D eigenvalue weighted by atomic mass is 16.5. The summed E-state index contributed by atoms with van der Waals surface area (Å²) in [6.07, 6.45) is 4.28. The standard InChI is InChI=1S/C20H39BN6O7/c1-14(2)13-16(21(31)32)25-19(30)15(9-8-12-23-20(22)26-27-33)24-17(28)10-6-4-5-7-11-18(29)34-3/h14-16,31-32H,4-13H2,1-3H3,(H,24,28)(H,25,30)(H3,22,23,26,33)/t15-,16-/m0/s1. The van der Waals surface area contributed by atoms with Crippen molar-refractivity contribution in [3.05, 3.63) is 4.91 Å². The molecule has 0 bridgehead atoms. The third-order valence-electron chi connectivity index (χ3n) is 4.92. The number of carbonyl (C=O) groups excluding carboxylic acids is 3. The molecule has 0 rings (SSSR count). The molecule has 0 aliphatic heterocycles. The van der Waals surface area contributed by atoms with Crippen LogP contribution in [0.4, 0.5) is 0 Å². The van der Waals surface area contributed by atoms with Crippen molar-refractivity contribution in [2.24, 2.45) is 21.9 Å². The summed E-state index contributed by atoms with van der Waals surface area (Å²) in [4.78, 5) is 50.3. The number of unbranched alkanes of at least 4 members (excludes halogenated alkanes) is 3. The number of methoxy groups -OCH3 is 1. The fourth-order valence-electron chi connectivity index (χ4n) is 3.17. The molecule has 2 amide bonds. The van der Waals surface area contributed by atoms with Crippen molar-refractivity contribution in [2.75, 3.05) is 13.7 Å². The lowest BCUT2D eigenvalue weighted by Crippen LogP contribution is -2.54. The van der Waals surface area contributed by atoms with Crippen molar-refractivity contribution in [3.8, 4) is 0 Å². The highest BCUT2D eigenvalue weighted by Crippen LogP contribution is 2.09. The molecule has 0 radical (unpaired) electrons. The van der Waals surface area contributed by atoms with E-state index in [1.54, 1.807) is 0 Å². The molecule has 0 saturated carbocycles. The Bertz CT molecular complexity index is 663. The summed E-state index contributed by atoms with van der Waals surface area (Å²) in [5.41, 5.74) is 7.38. The van der Waals surface area contributed by atoms with Crippen LogP contribution in [0, 0.1) is 10.8 Å². The zero-order chi connectivity index (χ0) is 25.9. The maximum absolute atomic E-state index is 12.8. The van der Waals surface area contributed by atoms with E-state index in [1.165, 1.54) is 7.11 Å². The van der Waals surface area contributed by atoms with Crippen LogP contribution >= 0.6 is 0 Å². The van der Waals surface area contributed by atoms with Gasteiger partial charge in [0.2, 0.25) is 17.8 Å². The van der Waals surface area contributed by atoms with Gasteiger partial charge in [0.1, 0.15) is 6.04 Å². The van der Waals surface area contributed by atoms with Crippen LogP contribution in [0.5, 0.6) is 0 Å². The zero-order valence-electron chi connectivity index (χ0n) is 20.3. The number of guanidine groups is 1. The van der Waals surface area contributed by atoms with Gasteiger partial charge in [-0.15, -0.1) is 4.91 Å². The number of nitrogens with two attached hydrogens (primary N) is 1. The molecule has 0 aromatic carbocycles. The van der Waals surface area contributed by atoms with Crippen molar-refractivity contribution in [1.82, 2.24) is 16.1 Å². The average Bonchev–Trinajstić information content (AvgIpc) is 2.77. The summed E-state index contributed by atoms with van der Waals surface area (Å²) >= 11 is 0. The van der Waals surface area contributed by atoms with Crippen molar-refractivity contribution in [2.45, 2.75) is 83.6 Å². The summed E-state index contributed by atoms with van der Waals surface area (Å²) in [5, 5.41) is 26.9. The van der Waals surface area contributed by atoms with E-state index in [1.807, 2.05) is 19.3 Å². The fourth-order valence-corrected chi connectivity index (χ4v) is 3.17. The van der Waals surface area contributed by atoms with E-state index in [9.17, 15) is 29.3 Å². The Hall–Kier alpha value is -2.74. The lowest BCUT2D eigenvalue weighted by Gasteiger charge is -2.24. The number of amides is 2. The average molecular weight is 486 g/mol. The smallest absolute Gasteiger partial charge is 0.469 e. The van der Waals surface area contributed by atoms with Crippen molar-refractivity contribution in [1.29, 1.82) is 0 Å². The third kappa shape index (κ3) is 16.0. The minimum Gasteiger partial charge on any atom is -0.469 e. The molecular weight excluding hydrogens is 447 g/mol. The van der Waals surface area contributed by atoms with E-state index in [4.69, 9.17) is 5.73 Å². The molecule has 0 aromatic heterocycles. The Labute approximate surface area is 200 Å². The number of ether oxygens (including phenoxy) is 1. The second-order valence-corrected chi connectivity index (χ2v) is 8.38. The highest BCUT2D eigenvalue weighted by Gasteiger charge is 2.29. The number of carbonyl (C=O) groups is 3. The minimum atomic E-state index is -1.74. The number of rotatable bonds is 18. The molecule has 194 valence electrons. The molecule has 0 fully saturated rings. The number of hydrogen-bond donors (Lipinski definition) is 6. The van der Waals surface area contributed by atoms with E-state index in [0.717, 1.165) is 12.8 Å². The molecule has 0 aromatic rings. The van der Waals surface area contributed by atoms with Gasteiger partial charge in [0, 0.05) is 19.4 Å². The molecule has 34 heavy (non-hydrogen) atoms. The van der Waals surface area contributed by atoms with Gasteiger partial charge in [0.05, 0.1) is 18.3 Å². The zero-order valence-corrected chi connectivity index (χ0v) is 20.3. The van der Waals surface area contributed by atoms with E-state index in [2.05, 4.69) is 25.6 Å². The molecule has 13 nitrogen and oxygen atoms in total. The SMILES string of the molecule is COC(=O)CCCCCCC(=O)N[C@@H](CCCN=C(N)NN=O)C(=O)N[C@@H](CC(C)C)B(O)O. The topological polar surface area (TPSA) is 205 Å². The van der Waals surface area contributed by atoms with Gasteiger partial charge in [-0.3, -0.25) is 19.4 Å². The lowest BCUT2D eigenvalue weighted by atomic mass is 9.75. The molecule has 0 saturated heterocycles. The Balaban J connectivity index is 4.83. The highest BCUT2D eigenvalue weighted by molar-refractivity contribution is 6.43. The molecule has 0 heterocycles. The van der Waals surface area contributed by atoms with Crippen LogP contribution in [0.15, 0.2) is 10.3 Å². The monoisotopic (exact) mass is 486 g/mol. The van der Waals surface area contributed by atoms with E-state index < -0.39 is 25.0 Å². The summed E-state index contributed by atoms with van der Waals surface area (Å²) in [7, 11) is -0.398. The molecule has 14 heteroatoms. The summed E-state index contributed by atoms with van der Waals surface area (Å²) in [6, 6.07) is -0.909. The van der Waals surface area contributed by atoms with E-state index in [-0.39, 0.29) is 43.1 Å². The first-order valence-corrected chi connectivity index (χ1v) is 11.5. The lowest BCUT2D eigenvalue weighted by molar-refractivity contribution is -0.140. The molecule has 0 aliphatic carbocycles. The molecule has 0 spiro atoms. The van der Waals surface area contributed by atoms with Crippen molar-refractivity contribution in [3.63, 3.8) is 0 Å². The fraction of sp³-hybridized carbons (Fsp3) is 0.800. The van der Waals surface area contributed by atoms with Crippen molar-refractivity contribution < 1.29 is 29.2 Å². The minimum absolute atomic E-state index is 0.107. The Morgan fingerprint density at radius 3 is 2.24 bits per heavy atom. The number of esters is 1. The number of nitrogens with one attached hydrogen (secondary N) is 3. The molecule has 2 atom stereocenters. The first-order valence-electron chi connectivity index (χ1n) is 11.5. The van der Waals surface area contributed by atoms with Gasteiger partial charge in [0.25, 0.3) is 0 Å². The van der Waals surface area contributed by atoms with Gasteiger partial charge in [-0.05, 0) is 38.0 Å². The normalized spacial score (nSPS) is 13.1. The van der Waals surface area contributed by atoms with Gasteiger partial charge < -0.3 is 31.2 Å². The third-order valence-corrected chi connectivity index (χ3v) is 4.92. The van der Waals surface area contributed by atoms with Gasteiger partial charge >= 0.3 is 13.1 Å². The number of nitrogens with zero attached hydrogens (tertiary/aromatic N) is 2. The Morgan fingerprint density at radius 1 is 1.03 bits per heavy atom. The maximum atomic E-state index is 12.8. The predicted molar refractivity (Wildman–Crippen MR) is 128 cm³/mol. The van der Waals surface area contributed by atoms with E-state index >= 15 is 0 Å². The Kier molecular flexibility index (Phi) is 17.2. The van der Waals surface area contributed by atoms with E-state index in [0.29, 0.717) is 32.1 Å². The molecule has 0 aliphatic rings. The van der Waals surface area contributed by atoms with Gasteiger partial charge in [-0.1, -0.05) is 26.7 Å². The first kappa shape index (κ1) is 31.3. The largest absolute Gasteiger partial charge is 0.475 e. The first-order chi connectivity index (χ1) is 16.1. The molecular formula is C20H39BN6O7. The number of nitroso groups, excluding NO2 is 1. The van der Waals surface area contributed by atoms with Crippen LogP contribution in [-0.2, 0) is 19.1 Å². The second kappa shape index (κ2) is 18.7. The number of hydrogen-bond acceptors (Lipinski definition) is 9. The van der Waals surface area contributed by atoms with Gasteiger partial charge in [-0.2, -0.15) is 0 Å². The quantitative estimate of drug-likeness (QED) is 0.0290. The van der Waals surface area contributed by atoms with Crippen LogP contribution in [0.1, 0.15) is 71.6 Å². The maximum Gasteiger partial charge on any atom is 0.475 e. The number of aliphatic imine (C=N–C) groups is 1. The van der Waals surface area contributed by atoms with Gasteiger partial charge in [-0.25, -0.2) is 5.43 Å². The molecule has 7 N–H and O–H groups in total. The summed E-state index contributed by atoms with van der Waals surface area (Å²) in [5.74, 6) is -2.04. The van der Waals surface area contributed by atoms with Crippen molar-refractivity contribution >= 4 is 30.9 Å². The van der Waals surface area contributed by atoms with Crippen LogP contribution < -0.4 is 21.8 Å².